The number of hydrogen-bond donors (Lipinski definition) is 3. The zero-order chi connectivity index (χ0) is 19.6. The maximum Gasteiger partial charge on any atom is 0.211 e. The van der Waals surface area contributed by atoms with Crippen molar-refractivity contribution in [3.8, 4) is 0 Å². The van der Waals surface area contributed by atoms with Crippen LogP contribution in [-0.2, 0) is 21.9 Å². The molecule has 0 aromatic heterocycles. The summed E-state index contributed by atoms with van der Waals surface area (Å²) in [5.41, 5.74) is 2.50. The van der Waals surface area contributed by atoms with Crippen LogP contribution in [0.2, 0.25) is 0 Å². The van der Waals surface area contributed by atoms with Crippen LogP contribution in [-0.4, -0.2) is 46.3 Å². The van der Waals surface area contributed by atoms with Gasteiger partial charge in [0.25, 0.3) is 0 Å². The Morgan fingerprint density at radius 3 is 2.19 bits per heavy atom. The summed E-state index contributed by atoms with van der Waals surface area (Å²) in [7, 11) is -3.16. The maximum absolute atomic E-state index is 11.4. The molecule has 0 aliphatic carbocycles. The average molecular weight is 510 g/mol. The minimum atomic E-state index is -3.16. The van der Waals surface area contributed by atoms with E-state index in [2.05, 4.69) is 65.4 Å². The summed E-state index contributed by atoms with van der Waals surface area (Å²) < 4.78 is 25.4. The highest BCUT2D eigenvalue weighted by molar-refractivity contribution is 14.0. The molecular weight excluding hydrogens is 475 g/mol. The van der Waals surface area contributed by atoms with Crippen LogP contribution >= 0.6 is 24.0 Å². The topological polar surface area (TPSA) is 82.6 Å². The predicted octanol–water partition coefficient (Wildman–Crippen LogP) is 2.64. The number of hydrogen-bond acceptors (Lipinski definition) is 3. The number of nitrogens with one attached hydrogen (secondary N) is 3. The van der Waals surface area contributed by atoms with Gasteiger partial charge in [-0.2, -0.15) is 0 Å². The monoisotopic (exact) mass is 510 g/mol. The van der Waals surface area contributed by atoms with Crippen LogP contribution in [0.1, 0.15) is 45.7 Å². The molecule has 0 aliphatic rings. The molecule has 27 heavy (non-hydrogen) atoms. The second-order valence-corrected chi connectivity index (χ2v) is 8.95. The van der Waals surface area contributed by atoms with E-state index in [1.807, 2.05) is 6.92 Å². The Bertz CT molecular complexity index is 673. The number of benzene rings is 1. The van der Waals surface area contributed by atoms with Gasteiger partial charge in [-0.05, 0) is 31.4 Å². The van der Waals surface area contributed by atoms with Crippen LogP contribution < -0.4 is 15.4 Å². The smallest absolute Gasteiger partial charge is 0.211 e. The molecule has 0 saturated heterocycles. The average Bonchev–Trinajstić information content (AvgIpc) is 2.63. The largest absolute Gasteiger partial charge is 0.357 e. The van der Waals surface area contributed by atoms with Crippen molar-refractivity contribution in [1.82, 2.24) is 15.4 Å². The van der Waals surface area contributed by atoms with Gasteiger partial charge in [0.1, 0.15) is 0 Å². The molecule has 8 heteroatoms. The predicted molar refractivity (Wildman–Crippen MR) is 126 cm³/mol. The van der Waals surface area contributed by atoms with E-state index < -0.39 is 10.0 Å². The number of aliphatic imine (C=N–C) groups is 1. The number of nitrogens with zero attached hydrogens (tertiary/aromatic N) is 1. The zero-order valence-electron chi connectivity index (χ0n) is 17.1. The Balaban J connectivity index is 0.00000676. The third kappa shape index (κ3) is 9.75. The lowest BCUT2D eigenvalue weighted by molar-refractivity contribution is 0.537. The third-order valence-corrected chi connectivity index (χ3v) is 5.64. The number of guanidine groups is 1. The van der Waals surface area contributed by atoms with Gasteiger partial charge >= 0.3 is 0 Å². The van der Waals surface area contributed by atoms with Crippen LogP contribution in [0.3, 0.4) is 0 Å². The van der Waals surface area contributed by atoms with E-state index in [0.29, 0.717) is 25.6 Å². The van der Waals surface area contributed by atoms with Gasteiger partial charge in [-0.1, -0.05) is 45.0 Å². The highest BCUT2D eigenvalue weighted by atomic mass is 127. The molecule has 156 valence electrons. The number of sulfonamides is 1. The Labute approximate surface area is 182 Å². The zero-order valence-corrected chi connectivity index (χ0v) is 20.3. The molecule has 0 spiro atoms. The molecule has 1 aromatic carbocycles. The molecule has 0 amide bonds. The fraction of sp³-hybridized carbons (Fsp3) is 0.632. The minimum Gasteiger partial charge on any atom is -0.357 e. The number of rotatable bonds is 10. The Morgan fingerprint density at radius 2 is 1.67 bits per heavy atom. The first-order valence-corrected chi connectivity index (χ1v) is 11.0. The first-order chi connectivity index (χ1) is 12.2. The molecule has 0 atom stereocenters. The lowest BCUT2D eigenvalue weighted by Gasteiger charge is -2.24. The molecule has 0 bridgehead atoms. The van der Waals surface area contributed by atoms with E-state index in [-0.39, 0.29) is 35.1 Å². The minimum absolute atomic E-state index is 0. The molecule has 0 fully saturated rings. The van der Waals surface area contributed by atoms with Gasteiger partial charge < -0.3 is 10.6 Å². The van der Waals surface area contributed by atoms with Gasteiger partial charge in [0, 0.05) is 25.0 Å². The van der Waals surface area contributed by atoms with Crippen molar-refractivity contribution in [2.24, 2.45) is 4.99 Å². The van der Waals surface area contributed by atoms with Gasteiger partial charge in [0.05, 0.1) is 12.3 Å². The van der Waals surface area contributed by atoms with E-state index in [9.17, 15) is 8.42 Å². The molecule has 1 rings (SSSR count). The SMILES string of the molecule is CCNC(=NCC(C)(C)c1ccc(CC)cc1)NCCNS(=O)(=O)CC.I. The standard InChI is InChI=1S/C19H34N4O2S.HI/c1-6-16-9-11-17(12-10-16)19(4,5)15-22-18(20-7-2)21-13-14-23-26(24,25)8-3;/h9-12,23H,6-8,13-15H2,1-5H3,(H2,20,21,22);1H. The summed E-state index contributed by atoms with van der Waals surface area (Å²) in [6, 6.07) is 8.69. The molecular formula is C19H35IN4O2S. The number of aryl methyl sites for hydroxylation is 1. The molecule has 0 saturated carbocycles. The summed E-state index contributed by atoms with van der Waals surface area (Å²) in [4.78, 5) is 4.68. The lowest BCUT2D eigenvalue weighted by Crippen LogP contribution is -2.42. The van der Waals surface area contributed by atoms with Gasteiger partial charge in [-0.3, -0.25) is 4.99 Å². The quantitative estimate of drug-likeness (QED) is 0.196. The molecule has 1 aromatic rings. The molecule has 3 N–H and O–H groups in total. The molecule has 0 radical (unpaired) electrons. The molecule has 0 heterocycles. The van der Waals surface area contributed by atoms with E-state index in [0.717, 1.165) is 13.0 Å². The van der Waals surface area contributed by atoms with Crippen molar-refractivity contribution in [3.05, 3.63) is 35.4 Å². The maximum atomic E-state index is 11.4. The molecule has 0 aliphatic heterocycles. The van der Waals surface area contributed by atoms with Crippen LogP contribution in [0.15, 0.2) is 29.3 Å². The summed E-state index contributed by atoms with van der Waals surface area (Å²) in [5.74, 6) is 0.785. The van der Waals surface area contributed by atoms with Gasteiger partial charge in [-0.25, -0.2) is 13.1 Å². The van der Waals surface area contributed by atoms with Crippen molar-refractivity contribution in [3.63, 3.8) is 0 Å². The summed E-state index contributed by atoms with van der Waals surface area (Å²) >= 11 is 0. The third-order valence-electron chi connectivity index (χ3n) is 4.24. The highest BCUT2D eigenvalue weighted by Gasteiger charge is 2.20. The second kappa shape index (κ2) is 12.6. The Kier molecular flexibility index (Phi) is 12.2. The van der Waals surface area contributed by atoms with E-state index in [1.165, 1.54) is 11.1 Å². The second-order valence-electron chi connectivity index (χ2n) is 6.85. The van der Waals surface area contributed by atoms with Crippen LogP contribution in [0.5, 0.6) is 0 Å². The van der Waals surface area contributed by atoms with Crippen LogP contribution in [0.4, 0.5) is 0 Å². The first kappa shape index (κ1) is 26.1. The van der Waals surface area contributed by atoms with E-state index in [4.69, 9.17) is 0 Å². The fourth-order valence-electron chi connectivity index (χ4n) is 2.39. The van der Waals surface area contributed by atoms with Gasteiger partial charge in [0.2, 0.25) is 10.0 Å². The first-order valence-electron chi connectivity index (χ1n) is 9.33. The van der Waals surface area contributed by atoms with Gasteiger partial charge in [0.15, 0.2) is 5.96 Å². The van der Waals surface area contributed by atoms with Crippen LogP contribution in [0, 0.1) is 0 Å². The Hall–Kier alpha value is -0.870. The van der Waals surface area contributed by atoms with Crippen molar-refractivity contribution in [1.29, 1.82) is 0 Å². The number of halogens is 1. The summed E-state index contributed by atoms with van der Waals surface area (Å²) in [6.45, 7) is 12.3. The van der Waals surface area contributed by atoms with Crippen molar-refractivity contribution >= 4 is 40.0 Å². The summed E-state index contributed by atoms with van der Waals surface area (Å²) in [5, 5.41) is 6.37. The highest BCUT2D eigenvalue weighted by Crippen LogP contribution is 2.24. The van der Waals surface area contributed by atoms with Crippen molar-refractivity contribution in [2.75, 3.05) is 31.9 Å². The Morgan fingerprint density at radius 1 is 1.04 bits per heavy atom. The molecule has 6 nitrogen and oxygen atoms in total. The van der Waals surface area contributed by atoms with Crippen molar-refractivity contribution in [2.45, 2.75) is 46.5 Å². The lowest BCUT2D eigenvalue weighted by atomic mass is 9.84. The van der Waals surface area contributed by atoms with E-state index in [1.54, 1.807) is 6.92 Å². The normalized spacial score (nSPS) is 12.4. The van der Waals surface area contributed by atoms with Gasteiger partial charge in [-0.15, -0.1) is 24.0 Å². The van der Waals surface area contributed by atoms with E-state index >= 15 is 0 Å². The molecule has 0 unspecified atom stereocenters. The van der Waals surface area contributed by atoms with Crippen molar-refractivity contribution < 1.29 is 8.42 Å². The van der Waals surface area contributed by atoms with Crippen LogP contribution in [0.25, 0.3) is 0 Å². The fourth-order valence-corrected chi connectivity index (χ4v) is 3.01. The summed E-state index contributed by atoms with van der Waals surface area (Å²) in [6.07, 6.45) is 1.04.